The molecular weight excluding hydrogens is 600 g/mol. The summed E-state index contributed by atoms with van der Waals surface area (Å²) in [6.07, 6.45) is 1.70. The summed E-state index contributed by atoms with van der Waals surface area (Å²) in [5, 5.41) is 5.70. The van der Waals surface area contributed by atoms with Crippen molar-refractivity contribution in [3.63, 3.8) is 0 Å². The van der Waals surface area contributed by atoms with Crippen molar-refractivity contribution in [2.75, 3.05) is 26.8 Å². The van der Waals surface area contributed by atoms with E-state index in [0.29, 0.717) is 29.1 Å². The largest absolute Gasteiger partial charge is 0.493 e. The van der Waals surface area contributed by atoms with Gasteiger partial charge >= 0.3 is 0 Å². The van der Waals surface area contributed by atoms with Crippen LogP contribution >= 0.6 is 0 Å². The first-order valence-electron chi connectivity index (χ1n) is 14.9. The number of rotatable bonds is 2. The van der Waals surface area contributed by atoms with Gasteiger partial charge in [0.15, 0.2) is 23.8 Å². The number of piperidine rings is 1. The van der Waals surface area contributed by atoms with Gasteiger partial charge in [-0.05, 0) is 60.4 Å². The van der Waals surface area contributed by atoms with Crippen molar-refractivity contribution in [3.05, 3.63) is 88.9 Å². The molecule has 2 aliphatic heterocycles. The average Bonchev–Trinajstić information content (AvgIpc) is 3.36. The van der Waals surface area contributed by atoms with E-state index in [1.54, 1.807) is 42.6 Å². The van der Waals surface area contributed by atoms with Gasteiger partial charge in [-0.25, -0.2) is 9.37 Å². The minimum atomic E-state index is -0.778. The zero-order valence-electron chi connectivity index (χ0n) is 25.3. The lowest BCUT2D eigenvalue weighted by atomic mass is 10.0. The lowest BCUT2D eigenvalue weighted by molar-refractivity contribution is -0.125. The van der Waals surface area contributed by atoms with Crippen LogP contribution in [0.1, 0.15) is 40.0 Å². The number of ether oxygens (including phenoxy) is 3. The number of nitrogens with one attached hydrogen (secondary N) is 2. The molecule has 0 radical (unpaired) electrons. The van der Waals surface area contributed by atoms with Crippen molar-refractivity contribution in [2.24, 2.45) is 0 Å². The van der Waals surface area contributed by atoms with Crippen molar-refractivity contribution in [1.82, 2.24) is 24.9 Å². The number of carbonyl (C=O) groups is 3. The molecule has 6 rings (SSSR count). The van der Waals surface area contributed by atoms with Crippen LogP contribution in [0.15, 0.2) is 54.7 Å². The Hall–Kier alpha value is -5.20. The molecule has 0 spiro atoms. The maximum absolute atomic E-state index is 15.3. The predicted octanol–water partition coefficient (Wildman–Crippen LogP) is 3.35. The Kier molecular flexibility index (Phi) is 8.73. The summed E-state index contributed by atoms with van der Waals surface area (Å²) >= 11 is 0. The number of hydrogen-bond donors (Lipinski definition) is 2. The van der Waals surface area contributed by atoms with Gasteiger partial charge in [-0.3, -0.25) is 18.8 Å². The molecule has 2 aromatic carbocycles. The number of amides is 3. The van der Waals surface area contributed by atoms with Crippen molar-refractivity contribution in [2.45, 2.75) is 44.9 Å². The van der Waals surface area contributed by atoms with Crippen molar-refractivity contribution < 1.29 is 37.4 Å². The summed E-state index contributed by atoms with van der Waals surface area (Å²) in [4.78, 5) is 45.0. The van der Waals surface area contributed by atoms with Gasteiger partial charge < -0.3 is 29.7 Å². The smallest absolute Gasteiger partial charge is 0.277 e. The van der Waals surface area contributed by atoms with E-state index in [-0.39, 0.29) is 56.4 Å². The van der Waals surface area contributed by atoms with E-state index >= 15 is 4.39 Å². The minimum Gasteiger partial charge on any atom is -0.493 e. The second kappa shape index (κ2) is 13.0. The lowest BCUT2D eigenvalue weighted by Gasteiger charge is -2.38. The number of carbonyl (C=O) groups excluding carboxylic acids is 3. The Labute approximate surface area is 263 Å². The first-order valence-corrected chi connectivity index (χ1v) is 14.9. The van der Waals surface area contributed by atoms with Crippen LogP contribution in [0, 0.1) is 18.7 Å². The van der Waals surface area contributed by atoms with Crippen LogP contribution in [-0.4, -0.2) is 71.0 Å². The van der Waals surface area contributed by atoms with Gasteiger partial charge in [0.2, 0.25) is 11.9 Å². The summed E-state index contributed by atoms with van der Waals surface area (Å²) in [6, 6.07) is 12.0. The molecule has 2 aliphatic rings. The molecule has 4 heterocycles. The monoisotopic (exact) mass is 633 g/mol. The van der Waals surface area contributed by atoms with Crippen molar-refractivity contribution in [3.8, 4) is 17.2 Å². The molecule has 240 valence electrons. The number of pyridine rings is 1. The summed E-state index contributed by atoms with van der Waals surface area (Å²) in [5.74, 6) is -1.75. The molecule has 0 saturated carbocycles. The van der Waals surface area contributed by atoms with E-state index in [1.807, 2.05) is 6.92 Å². The number of likely N-dealkylation sites (tertiary alicyclic amines) is 1. The van der Waals surface area contributed by atoms with Gasteiger partial charge in [-0.15, -0.1) is 0 Å². The van der Waals surface area contributed by atoms with Crippen molar-refractivity contribution >= 4 is 23.4 Å². The van der Waals surface area contributed by atoms with Crippen LogP contribution in [-0.2, 0) is 22.6 Å². The molecule has 3 amide bonds. The maximum atomic E-state index is 15.3. The molecule has 4 aromatic rings. The van der Waals surface area contributed by atoms with Crippen LogP contribution in [0.2, 0.25) is 0 Å². The maximum Gasteiger partial charge on any atom is 0.277 e. The van der Waals surface area contributed by atoms with Crippen LogP contribution < -0.4 is 24.8 Å². The highest BCUT2D eigenvalue weighted by Gasteiger charge is 2.36. The topological polar surface area (TPSA) is 124 Å². The quantitative estimate of drug-likeness (QED) is 0.347. The fourth-order valence-corrected chi connectivity index (χ4v) is 5.70. The number of hydrogen-bond acceptors (Lipinski definition) is 7. The molecule has 2 N–H and O–H groups in total. The summed E-state index contributed by atoms with van der Waals surface area (Å²) < 4.78 is 48.5. The fourth-order valence-electron chi connectivity index (χ4n) is 5.70. The number of fused-ring (bicyclic) bond motifs is 6. The number of benzene rings is 2. The highest BCUT2D eigenvalue weighted by atomic mass is 19.1. The number of aromatic nitrogens is 2. The molecular formula is C33H33F2N5O6. The van der Waals surface area contributed by atoms with Crippen LogP contribution in [0.5, 0.6) is 17.2 Å². The molecule has 46 heavy (non-hydrogen) atoms. The van der Waals surface area contributed by atoms with Crippen LogP contribution in [0.3, 0.4) is 0 Å². The highest BCUT2D eigenvalue weighted by Crippen LogP contribution is 2.29. The van der Waals surface area contributed by atoms with E-state index in [9.17, 15) is 18.8 Å². The summed E-state index contributed by atoms with van der Waals surface area (Å²) in [7, 11) is 1.48. The number of nitrogens with zero attached hydrogens (tertiary/aromatic N) is 3. The molecule has 2 atom stereocenters. The standard InChI is InChI=1S/C33H33F2N5O6/c1-19-3-7-28-38-31(32(35)40(28)16-19)33(43)39-10-9-25-24(17-39)37-30(42)18-45-27-13-20(4-6-26(27)44-2)5-8-29(41)36-15-21-11-22(34)14-23(12-21)46-25/h3-4,6-7,11-14,16,24-25H,5,8-10,15,17-18H2,1-2H3,(H,36,41)(H,37,42)/t24-,25-/m1/s1. The van der Waals surface area contributed by atoms with Crippen LogP contribution in [0.4, 0.5) is 8.78 Å². The van der Waals surface area contributed by atoms with Gasteiger partial charge in [-0.1, -0.05) is 12.1 Å². The second-order valence-corrected chi connectivity index (χ2v) is 11.4. The molecule has 0 aliphatic carbocycles. The summed E-state index contributed by atoms with van der Waals surface area (Å²) in [5.41, 5.74) is 2.06. The minimum absolute atomic E-state index is 0.0292. The Balaban J connectivity index is 1.28. The van der Waals surface area contributed by atoms with E-state index in [2.05, 4.69) is 15.6 Å². The Bertz CT molecular complexity index is 1810. The van der Waals surface area contributed by atoms with E-state index in [4.69, 9.17) is 14.2 Å². The van der Waals surface area contributed by atoms with Gasteiger partial charge in [0, 0.05) is 44.7 Å². The highest BCUT2D eigenvalue weighted by molar-refractivity contribution is 5.93. The SMILES string of the molecule is COc1ccc2cc1OCC(=O)N[C@@H]1CN(C(=O)c3nc4ccc(C)cn4c3F)CC[C@H]1Oc1cc(F)cc(c1)CNC(=O)CC2. The van der Waals surface area contributed by atoms with Gasteiger partial charge in [-0.2, -0.15) is 4.39 Å². The number of halogens is 2. The first kappa shape index (κ1) is 30.8. The average molecular weight is 634 g/mol. The number of imidazole rings is 1. The molecule has 4 bridgehead atoms. The third-order valence-electron chi connectivity index (χ3n) is 8.03. The van der Waals surface area contributed by atoms with E-state index in [0.717, 1.165) is 11.1 Å². The zero-order valence-corrected chi connectivity index (χ0v) is 25.3. The lowest BCUT2D eigenvalue weighted by Crippen LogP contribution is -2.58. The van der Waals surface area contributed by atoms with E-state index in [1.165, 1.54) is 28.5 Å². The molecule has 11 nitrogen and oxygen atoms in total. The Morgan fingerprint density at radius 3 is 2.72 bits per heavy atom. The summed E-state index contributed by atoms with van der Waals surface area (Å²) in [6.45, 7) is 1.64. The van der Waals surface area contributed by atoms with E-state index < -0.39 is 35.7 Å². The predicted molar refractivity (Wildman–Crippen MR) is 162 cm³/mol. The zero-order chi connectivity index (χ0) is 32.4. The van der Waals surface area contributed by atoms with Gasteiger partial charge in [0.1, 0.15) is 23.3 Å². The third-order valence-corrected chi connectivity index (χ3v) is 8.03. The molecule has 0 unspecified atom stereocenters. The molecule has 2 aromatic heterocycles. The number of methoxy groups -OCH3 is 1. The number of aryl methyl sites for hydroxylation is 2. The van der Waals surface area contributed by atoms with Crippen LogP contribution in [0.25, 0.3) is 5.65 Å². The Morgan fingerprint density at radius 2 is 1.89 bits per heavy atom. The third kappa shape index (κ3) is 6.72. The van der Waals surface area contributed by atoms with Gasteiger partial charge in [0.25, 0.3) is 11.8 Å². The second-order valence-electron chi connectivity index (χ2n) is 11.4. The fraction of sp³-hybridized carbons (Fsp3) is 0.333. The van der Waals surface area contributed by atoms with Gasteiger partial charge in [0.05, 0.1) is 13.2 Å². The normalized spacial score (nSPS) is 19.1. The first-order chi connectivity index (χ1) is 22.2. The van der Waals surface area contributed by atoms with Crippen molar-refractivity contribution in [1.29, 1.82) is 0 Å². The molecule has 1 saturated heterocycles. The molecule has 13 heteroatoms. The Morgan fingerprint density at radius 1 is 1.04 bits per heavy atom. The molecule has 1 fully saturated rings.